The highest BCUT2D eigenvalue weighted by atomic mass is 19.1. The summed E-state index contributed by atoms with van der Waals surface area (Å²) in [5, 5.41) is 6.13. The SMILES string of the molecule is CCNC(=NCCCNC(=O)c1ccccc1)N(C)Cc1cccc(F)c1. The lowest BCUT2D eigenvalue weighted by molar-refractivity contribution is 0.0953. The average Bonchev–Trinajstić information content (AvgIpc) is 2.67. The number of hydrogen-bond acceptors (Lipinski definition) is 2. The number of nitrogens with one attached hydrogen (secondary N) is 2. The van der Waals surface area contributed by atoms with Crippen LogP contribution in [-0.2, 0) is 6.54 Å². The number of aliphatic imine (C=N–C) groups is 1. The number of carbonyl (C=O) groups excluding carboxylic acids is 1. The summed E-state index contributed by atoms with van der Waals surface area (Å²) >= 11 is 0. The number of nitrogens with zero attached hydrogens (tertiary/aromatic N) is 2. The molecule has 0 atom stereocenters. The van der Waals surface area contributed by atoms with E-state index < -0.39 is 0 Å². The summed E-state index contributed by atoms with van der Waals surface area (Å²) in [7, 11) is 1.92. The molecule has 0 saturated heterocycles. The zero-order chi connectivity index (χ0) is 19.5. The molecule has 5 nitrogen and oxygen atoms in total. The van der Waals surface area contributed by atoms with Crippen molar-refractivity contribution in [1.29, 1.82) is 0 Å². The van der Waals surface area contributed by atoms with Gasteiger partial charge in [0.1, 0.15) is 5.82 Å². The van der Waals surface area contributed by atoms with Crippen LogP contribution in [0, 0.1) is 5.82 Å². The van der Waals surface area contributed by atoms with E-state index in [-0.39, 0.29) is 11.7 Å². The van der Waals surface area contributed by atoms with Crippen LogP contribution in [0.4, 0.5) is 4.39 Å². The maximum atomic E-state index is 13.3. The minimum atomic E-state index is -0.239. The highest BCUT2D eigenvalue weighted by Crippen LogP contribution is 2.06. The summed E-state index contributed by atoms with van der Waals surface area (Å²) in [6, 6.07) is 15.7. The molecular formula is C21H27FN4O. The van der Waals surface area contributed by atoms with Crippen molar-refractivity contribution in [2.75, 3.05) is 26.7 Å². The molecule has 144 valence electrons. The van der Waals surface area contributed by atoms with Crippen LogP contribution in [-0.4, -0.2) is 43.4 Å². The monoisotopic (exact) mass is 370 g/mol. The number of amides is 1. The molecule has 0 bridgehead atoms. The lowest BCUT2D eigenvalue weighted by atomic mass is 10.2. The van der Waals surface area contributed by atoms with Crippen molar-refractivity contribution in [2.24, 2.45) is 4.99 Å². The van der Waals surface area contributed by atoms with E-state index in [9.17, 15) is 9.18 Å². The molecule has 0 aliphatic rings. The molecule has 2 rings (SSSR count). The molecule has 1 amide bonds. The lowest BCUT2D eigenvalue weighted by Gasteiger charge is -2.22. The quantitative estimate of drug-likeness (QED) is 0.427. The van der Waals surface area contributed by atoms with Gasteiger partial charge in [-0.15, -0.1) is 0 Å². The number of rotatable bonds is 8. The van der Waals surface area contributed by atoms with Gasteiger partial charge >= 0.3 is 0 Å². The van der Waals surface area contributed by atoms with Crippen molar-refractivity contribution >= 4 is 11.9 Å². The van der Waals surface area contributed by atoms with Crippen molar-refractivity contribution < 1.29 is 9.18 Å². The molecule has 0 aliphatic heterocycles. The Morgan fingerprint density at radius 1 is 1.11 bits per heavy atom. The second kappa shape index (κ2) is 11.0. The van der Waals surface area contributed by atoms with Gasteiger partial charge in [0, 0.05) is 38.8 Å². The van der Waals surface area contributed by atoms with E-state index in [1.807, 2.05) is 43.1 Å². The summed E-state index contributed by atoms with van der Waals surface area (Å²) in [5.74, 6) is 0.447. The van der Waals surface area contributed by atoms with Crippen LogP contribution in [0.1, 0.15) is 29.3 Å². The molecule has 0 saturated carbocycles. The molecule has 2 aromatic rings. The lowest BCUT2D eigenvalue weighted by Crippen LogP contribution is -2.38. The third-order valence-corrected chi connectivity index (χ3v) is 3.92. The third-order valence-electron chi connectivity index (χ3n) is 3.92. The standard InChI is InChI=1S/C21H27FN4O/c1-3-23-21(26(2)16-17-9-7-12-19(22)15-17)25-14-8-13-24-20(27)18-10-5-4-6-11-18/h4-7,9-12,15H,3,8,13-14,16H2,1-2H3,(H,23,25)(H,24,27). The minimum Gasteiger partial charge on any atom is -0.357 e. The van der Waals surface area contributed by atoms with Gasteiger partial charge in [0.25, 0.3) is 5.91 Å². The van der Waals surface area contributed by atoms with Crippen LogP contribution in [0.5, 0.6) is 0 Å². The Morgan fingerprint density at radius 2 is 1.89 bits per heavy atom. The summed E-state index contributed by atoms with van der Waals surface area (Å²) in [4.78, 5) is 18.5. The van der Waals surface area contributed by atoms with Crippen molar-refractivity contribution in [3.63, 3.8) is 0 Å². The summed E-state index contributed by atoms with van der Waals surface area (Å²) in [6.07, 6.45) is 0.737. The molecule has 0 heterocycles. The van der Waals surface area contributed by atoms with E-state index >= 15 is 0 Å². The second-order valence-electron chi connectivity index (χ2n) is 6.20. The molecule has 0 fully saturated rings. The fraction of sp³-hybridized carbons (Fsp3) is 0.333. The predicted octanol–water partition coefficient (Wildman–Crippen LogP) is 3.04. The highest BCUT2D eigenvalue weighted by molar-refractivity contribution is 5.94. The smallest absolute Gasteiger partial charge is 0.251 e. The van der Waals surface area contributed by atoms with Gasteiger partial charge in [-0.3, -0.25) is 9.79 Å². The molecule has 0 aliphatic carbocycles. The van der Waals surface area contributed by atoms with E-state index in [4.69, 9.17) is 0 Å². The Bertz CT molecular complexity index is 749. The van der Waals surface area contributed by atoms with Crippen molar-refractivity contribution in [3.8, 4) is 0 Å². The van der Waals surface area contributed by atoms with E-state index in [2.05, 4.69) is 15.6 Å². The molecule has 2 N–H and O–H groups in total. The van der Waals surface area contributed by atoms with Gasteiger partial charge < -0.3 is 15.5 Å². The van der Waals surface area contributed by atoms with Gasteiger partial charge in [0.15, 0.2) is 5.96 Å². The first kappa shape index (κ1) is 20.4. The molecule has 0 aromatic heterocycles. The number of hydrogen-bond donors (Lipinski definition) is 2. The molecular weight excluding hydrogens is 343 g/mol. The van der Waals surface area contributed by atoms with Gasteiger partial charge in [-0.2, -0.15) is 0 Å². The first-order valence-electron chi connectivity index (χ1n) is 9.17. The van der Waals surface area contributed by atoms with Gasteiger partial charge in [-0.1, -0.05) is 30.3 Å². The predicted molar refractivity (Wildman–Crippen MR) is 107 cm³/mol. The fourth-order valence-electron chi connectivity index (χ4n) is 2.61. The molecule has 0 radical (unpaired) electrons. The van der Waals surface area contributed by atoms with Gasteiger partial charge in [0.05, 0.1) is 0 Å². The van der Waals surface area contributed by atoms with E-state index in [0.29, 0.717) is 25.2 Å². The highest BCUT2D eigenvalue weighted by Gasteiger charge is 2.07. The average molecular weight is 370 g/mol. The van der Waals surface area contributed by atoms with E-state index in [1.165, 1.54) is 12.1 Å². The maximum Gasteiger partial charge on any atom is 0.251 e. The van der Waals surface area contributed by atoms with Crippen LogP contribution in [0.15, 0.2) is 59.6 Å². The summed E-state index contributed by atoms with van der Waals surface area (Å²) in [6.45, 7) is 4.46. The number of halogens is 1. The maximum absolute atomic E-state index is 13.3. The topological polar surface area (TPSA) is 56.7 Å². The van der Waals surface area contributed by atoms with Crippen molar-refractivity contribution in [2.45, 2.75) is 19.9 Å². The Morgan fingerprint density at radius 3 is 2.59 bits per heavy atom. The Balaban J connectivity index is 1.81. The van der Waals surface area contributed by atoms with Crippen molar-refractivity contribution in [3.05, 3.63) is 71.5 Å². The Labute approximate surface area is 160 Å². The number of carbonyl (C=O) groups is 1. The molecule has 0 spiro atoms. The normalized spacial score (nSPS) is 11.1. The van der Waals surface area contributed by atoms with Gasteiger partial charge in [-0.25, -0.2) is 4.39 Å². The Hall–Kier alpha value is -2.89. The third kappa shape index (κ3) is 7.09. The van der Waals surface area contributed by atoms with Crippen molar-refractivity contribution in [1.82, 2.24) is 15.5 Å². The summed E-state index contributed by atoms with van der Waals surface area (Å²) < 4.78 is 13.3. The number of benzene rings is 2. The van der Waals surface area contributed by atoms with Crippen LogP contribution >= 0.6 is 0 Å². The first-order valence-corrected chi connectivity index (χ1v) is 9.17. The number of guanidine groups is 1. The zero-order valence-electron chi connectivity index (χ0n) is 15.9. The molecule has 27 heavy (non-hydrogen) atoms. The molecule has 6 heteroatoms. The van der Waals surface area contributed by atoms with E-state index in [1.54, 1.807) is 18.2 Å². The van der Waals surface area contributed by atoms with Crippen LogP contribution in [0.25, 0.3) is 0 Å². The second-order valence-corrected chi connectivity index (χ2v) is 6.20. The fourth-order valence-corrected chi connectivity index (χ4v) is 2.61. The van der Waals surface area contributed by atoms with Crippen LogP contribution in [0.3, 0.4) is 0 Å². The van der Waals surface area contributed by atoms with E-state index in [0.717, 1.165) is 24.5 Å². The van der Waals surface area contributed by atoms with Gasteiger partial charge in [-0.05, 0) is 43.2 Å². The largest absolute Gasteiger partial charge is 0.357 e. The molecule has 2 aromatic carbocycles. The first-order chi connectivity index (χ1) is 13.1. The summed E-state index contributed by atoms with van der Waals surface area (Å²) in [5.41, 5.74) is 1.54. The zero-order valence-corrected chi connectivity index (χ0v) is 15.9. The van der Waals surface area contributed by atoms with Crippen LogP contribution < -0.4 is 10.6 Å². The van der Waals surface area contributed by atoms with Gasteiger partial charge in [0.2, 0.25) is 0 Å². The van der Waals surface area contributed by atoms with Crippen LogP contribution in [0.2, 0.25) is 0 Å². The Kier molecular flexibility index (Phi) is 8.29. The molecule has 0 unspecified atom stereocenters. The minimum absolute atomic E-state index is 0.0743.